The van der Waals surface area contributed by atoms with E-state index in [0.29, 0.717) is 23.1 Å². The molecule has 2 atom stereocenters. The first-order valence-electron chi connectivity index (χ1n) is 12.5. The van der Waals surface area contributed by atoms with Crippen LogP contribution in [-0.4, -0.2) is 56.6 Å². The third-order valence-electron chi connectivity index (χ3n) is 6.00. The number of carbonyl (C=O) groups excluding carboxylic acids is 2. The number of amides is 2. The summed E-state index contributed by atoms with van der Waals surface area (Å²) in [4.78, 5) is 27.7. The van der Waals surface area contributed by atoms with Crippen molar-refractivity contribution in [3.8, 4) is 5.75 Å². The Morgan fingerprint density at radius 1 is 1.08 bits per heavy atom. The standard InChI is InChI=1S/C27H38ClN3O5S/c1-6-20(3)29-27(33)21(4)30(19-22-10-8-11-23(28)18-22)26(32)12-9-17-31(37(5,34)35)24-13-15-25(16-14-24)36-7-2/h8,10-11,13-16,18,20-21H,6-7,9,12,17,19H2,1-5H3,(H,29,33)/t20-,21+/m0/s1. The van der Waals surface area contributed by atoms with Crippen molar-refractivity contribution < 1.29 is 22.7 Å². The average Bonchev–Trinajstić information content (AvgIpc) is 2.84. The van der Waals surface area contributed by atoms with Crippen LogP contribution in [0.25, 0.3) is 0 Å². The second-order valence-corrected chi connectivity index (χ2v) is 11.4. The Morgan fingerprint density at radius 2 is 1.76 bits per heavy atom. The van der Waals surface area contributed by atoms with Gasteiger partial charge in [-0.05, 0) is 75.6 Å². The summed E-state index contributed by atoms with van der Waals surface area (Å²) in [7, 11) is -3.57. The fourth-order valence-electron chi connectivity index (χ4n) is 3.76. The topological polar surface area (TPSA) is 96.0 Å². The van der Waals surface area contributed by atoms with Gasteiger partial charge in [0.25, 0.3) is 0 Å². The molecule has 2 aromatic rings. The highest BCUT2D eigenvalue weighted by atomic mass is 35.5. The molecule has 2 rings (SSSR count). The predicted molar refractivity (Wildman–Crippen MR) is 148 cm³/mol. The van der Waals surface area contributed by atoms with Crippen LogP contribution in [0.4, 0.5) is 5.69 Å². The number of hydrogen-bond acceptors (Lipinski definition) is 5. The number of nitrogens with one attached hydrogen (secondary N) is 1. The van der Waals surface area contributed by atoms with E-state index in [4.69, 9.17) is 16.3 Å². The third kappa shape index (κ3) is 9.55. The molecule has 10 heteroatoms. The second kappa shape index (κ2) is 14.2. The normalized spacial score (nSPS) is 12.9. The zero-order valence-electron chi connectivity index (χ0n) is 22.2. The van der Waals surface area contributed by atoms with Gasteiger partial charge in [0.2, 0.25) is 21.8 Å². The number of hydrogen-bond donors (Lipinski definition) is 1. The summed E-state index contributed by atoms with van der Waals surface area (Å²) in [6, 6.07) is 13.2. The van der Waals surface area contributed by atoms with Crippen LogP contribution in [0.3, 0.4) is 0 Å². The van der Waals surface area contributed by atoms with E-state index in [1.807, 2.05) is 26.8 Å². The summed E-state index contributed by atoms with van der Waals surface area (Å²) in [6.07, 6.45) is 2.26. The lowest BCUT2D eigenvalue weighted by Gasteiger charge is -2.30. The number of benzene rings is 2. The van der Waals surface area contributed by atoms with Crippen molar-refractivity contribution in [2.24, 2.45) is 0 Å². The molecule has 0 bridgehead atoms. The van der Waals surface area contributed by atoms with Crippen LogP contribution in [-0.2, 0) is 26.2 Å². The number of nitrogens with zero attached hydrogens (tertiary/aromatic N) is 2. The summed E-state index contributed by atoms with van der Waals surface area (Å²) < 4.78 is 31.7. The Bertz CT molecular complexity index is 1140. The van der Waals surface area contributed by atoms with Crippen LogP contribution in [0.15, 0.2) is 48.5 Å². The monoisotopic (exact) mass is 551 g/mol. The van der Waals surface area contributed by atoms with Crippen molar-refractivity contribution >= 4 is 39.1 Å². The molecule has 0 spiro atoms. The maximum absolute atomic E-state index is 13.3. The molecule has 0 aliphatic heterocycles. The van der Waals surface area contributed by atoms with Crippen molar-refractivity contribution in [2.75, 3.05) is 23.7 Å². The number of carbonyl (C=O) groups is 2. The quantitative estimate of drug-likeness (QED) is 0.370. The molecule has 0 aliphatic rings. The van der Waals surface area contributed by atoms with Crippen molar-refractivity contribution in [1.29, 1.82) is 0 Å². The van der Waals surface area contributed by atoms with Gasteiger partial charge in [-0.2, -0.15) is 0 Å². The molecule has 37 heavy (non-hydrogen) atoms. The first-order valence-corrected chi connectivity index (χ1v) is 14.7. The third-order valence-corrected chi connectivity index (χ3v) is 7.43. The van der Waals surface area contributed by atoms with E-state index in [1.165, 1.54) is 9.21 Å². The maximum atomic E-state index is 13.3. The molecule has 0 saturated heterocycles. The Kier molecular flexibility index (Phi) is 11.7. The van der Waals surface area contributed by atoms with Gasteiger partial charge < -0.3 is 15.0 Å². The van der Waals surface area contributed by atoms with Crippen LogP contribution >= 0.6 is 11.6 Å². The number of sulfonamides is 1. The van der Waals surface area contributed by atoms with Gasteiger partial charge in [0.15, 0.2) is 0 Å². The minimum atomic E-state index is -3.57. The van der Waals surface area contributed by atoms with Gasteiger partial charge >= 0.3 is 0 Å². The van der Waals surface area contributed by atoms with Crippen molar-refractivity contribution in [2.45, 2.75) is 65.6 Å². The lowest BCUT2D eigenvalue weighted by molar-refractivity contribution is -0.140. The SMILES string of the molecule is CCOc1ccc(N(CCCC(=O)N(Cc2cccc(Cl)c2)[C@H](C)C(=O)N[C@@H](C)CC)S(C)(=O)=O)cc1. The second-order valence-electron chi connectivity index (χ2n) is 9.01. The Labute approximate surface area is 226 Å². The van der Waals surface area contributed by atoms with E-state index in [1.54, 1.807) is 49.4 Å². The van der Waals surface area contributed by atoms with Crippen LogP contribution in [0, 0.1) is 0 Å². The first-order chi connectivity index (χ1) is 17.5. The highest BCUT2D eigenvalue weighted by molar-refractivity contribution is 7.92. The zero-order valence-corrected chi connectivity index (χ0v) is 23.8. The van der Waals surface area contributed by atoms with E-state index in [0.717, 1.165) is 18.2 Å². The summed E-state index contributed by atoms with van der Waals surface area (Å²) in [5.41, 5.74) is 1.30. The van der Waals surface area contributed by atoms with E-state index in [2.05, 4.69) is 5.32 Å². The summed E-state index contributed by atoms with van der Waals surface area (Å²) >= 11 is 6.13. The van der Waals surface area contributed by atoms with E-state index < -0.39 is 16.1 Å². The van der Waals surface area contributed by atoms with Crippen molar-refractivity contribution in [1.82, 2.24) is 10.2 Å². The summed E-state index contributed by atoms with van der Waals surface area (Å²) in [5, 5.41) is 3.48. The molecular formula is C27H38ClN3O5S. The molecule has 2 aromatic carbocycles. The number of ether oxygens (including phenoxy) is 1. The summed E-state index contributed by atoms with van der Waals surface area (Å²) in [5.74, 6) is 0.167. The lowest BCUT2D eigenvalue weighted by atomic mass is 10.1. The molecule has 0 radical (unpaired) electrons. The maximum Gasteiger partial charge on any atom is 0.242 e. The molecule has 0 fully saturated rings. The van der Waals surface area contributed by atoms with Gasteiger partial charge in [-0.25, -0.2) is 8.42 Å². The molecule has 1 N–H and O–H groups in total. The largest absolute Gasteiger partial charge is 0.494 e. The minimum absolute atomic E-state index is 0.0181. The molecule has 0 aliphatic carbocycles. The first kappa shape index (κ1) is 30.4. The molecule has 2 amide bonds. The minimum Gasteiger partial charge on any atom is -0.494 e. The van der Waals surface area contributed by atoms with Crippen molar-refractivity contribution in [3.63, 3.8) is 0 Å². The van der Waals surface area contributed by atoms with Gasteiger partial charge in [-0.1, -0.05) is 30.7 Å². The predicted octanol–water partition coefficient (Wildman–Crippen LogP) is 4.62. The molecule has 0 aromatic heterocycles. The van der Waals surface area contributed by atoms with Gasteiger partial charge in [0.1, 0.15) is 11.8 Å². The Hall–Kier alpha value is -2.78. The molecule has 8 nitrogen and oxygen atoms in total. The fourth-order valence-corrected chi connectivity index (χ4v) is 4.94. The van der Waals surface area contributed by atoms with Gasteiger partial charge in [0, 0.05) is 30.6 Å². The van der Waals surface area contributed by atoms with Gasteiger partial charge in [0.05, 0.1) is 18.6 Å². The van der Waals surface area contributed by atoms with E-state index in [9.17, 15) is 18.0 Å². The van der Waals surface area contributed by atoms with Crippen LogP contribution in [0.1, 0.15) is 52.5 Å². The molecule has 0 unspecified atom stereocenters. The Morgan fingerprint density at radius 3 is 2.32 bits per heavy atom. The molecular weight excluding hydrogens is 514 g/mol. The highest BCUT2D eigenvalue weighted by Crippen LogP contribution is 2.23. The summed E-state index contributed by atoms with van der Waals surface area (Å²) in [6.45, 7) is 8.30. The number of anilines is 1. The molecule has 0 saturated carbocycles. The zero-order chi connectivity index (χ0) is 27.6. The van der Waals surface area contributed by atoms with Crippen LogP contribution in [0.5, 0.6) is 5.75 Å². The smallest absolute Gasteiger partial charge is 0.242 e. The van der Waals surface area contributed by atoms with Gasteiger partial charge in [-0.3, -0.25) is 13.9 Å². The fraction of sp³-hybridized carbons (Fsp3) is 0.481. The van der Waals surface area contributed by atoms with Crippen molar-refractivity contribution in [3.05, 3.63) is 59.1 Å². The van der Waals surface area contributed by atoms with Crippen LogP contribution < -0.4 is 14.4 Å². The highest BCUT2D eigenvalue weighted by Gasteiger charge is 2.27. The van der Waals surface area contributed by atoms with E-state index >= 15 is 0 Å². The Balaban J connectivity index is 2.16. The lowest BCUT2D eigenvalue weighted by Crippen LogP contribution is -2.49. The number of halogens is 1. The van der Waals surface area contributed by atoms with Gasteiger partial charge in [-0.15, -0.1) is 0 Å². The molecule has 0 heterocycles. The van der Waals surface area contributed by atoms with E-state index in [-0.39, 0.29) is 43.8 Å². The molecule has 204 valence electrons. The average molecular weight is 552 g/mol. The number of rotatable bonds is 14. The van der Waals surface area contributed by atoms with Crippen LogP contribution in [0.2, 0.25) is 5.02 Å².